The Labute approximate surface area is 196 Å². The lowest BCUT2D eigenvalue weighted by Crippen LogP contribution is -2.45. The molecule has 0 saturated carbocycles. The van der Waals surface area contributed by atoms with Gasteiger partial charge in [-0.05, 0) is 61.5 Å². The first kappa shape index (κ1) is 24.4. The molecule has 10 nitrogen and oxygen atoms in total. The summed E-state index contributed by atoms with van der Waals surface area (Å²) in [6.07, 6.45) is 3.79. The van der Waals surface area contributed by atoms with Gasteiger partial charge in [-0.2, -0.15) is 0 Å². The van der Waals surface area contributed by atoms with Crippen LogP contribution in [0, 0.1) is 0 Å². The third-order valence-electron chi connectivity index (χ3n) is 4.39. The summed E-state index contributed by atoms with van der Waals surface area (Å²) in [6.45, 7) is 1.44. The maximum atomic E-state index is 12.8. The van der Waals surface area contributed by atoms with Crippen molar-refractivity contribution in [1.82, 2.24) is 9.97 Å². The van der Waals surface area contributed by atoms with E-state index < -0.39 is 32.0 Å². The highest BCUT2D eigenvalue weighted by Gasteiger charge is 2.29. The van der Waals surface area contributed by atoms with Crippen LogP contribution in [0.5, 0.6) is 0 Å². The fraction of sp³-hybridized carbons (Fsp3) is 0.150. The van der Waals surface area contributed by atoms with Crippen LogP contribution in [-0.4, -0.2) is 45.0 Å². The third kappa shape index (κ3) is 6.18. The van der Waals surface area contributed by atoms with Gasteiger partial charge in [-0.1, -0.05) is 11.6 Å². The Morgan fingerprint density at radius 3 is 2.09 bits per heavy atom. The van der Waals surface area contributed by atoms with Crippen molar-refractivity contribution >= 4 is 54.9 Å². The Morgan fingerprint density at radius 2 is 1.55 bits per heavy atom. The quantitative estimate of drug-likeness (QED) is 0.476. The predicted molar refractivity (Wildman–Crippen MR) is 126 cm³/mol. The third-order valence-corrected chi connectivity index (χ3v) is 7.23. The summed E-state index contributed by atoms with van der Waals surface area (Å²) in [5.41, 5.74) is 0.562. The van der Waals surface area contributed by atoms with Gasteiger partial charge in [0.25, 0.3) is 10.0 Å². The molecule has 0 aliphatic carbocycles. The van der Waals surface area contributed by atoms with Crippen LogP contribution in [0.25, 0.3) is 0 Å². The van der Waals surface area contributed by atoms with E-state index >= 15 is 0 Å². The Balaban J connectivity index is 1.76. The van der Waals surface area contributed by atoms with E-state index in [9.17, 15) is 21.6 Å². The molecule has 174 valence electrons. The number of aromatic nitrogens is 2. The molecule has 2 aromatic carbocycles. The standard InChI is InChI=1S/C20H20ClN5O5S2/c1-14(26(32(2,28)29)17-8-4-15(21)5-9-17)19(27)24-16-6-10-18(11-7-16)33(30,31)25-20-22-12-3-13-23-20/h3-14H,1-2H3,(H,24,27)(H,22,23,25)/t14-/m1/s1. The highest BCUT2D eigenvalue weighted by atomic mass is 35.5. The molecule has 0 fully saturated rings. The zero-order chi connectivity index (χ0) is 24.2. The van der Waals surface area contributed by atoms with Crippen molar-refractivity contribution in [2.24, 2.45) is 0 Å². The number of nitrogens with zero attached hydrogens (tertiary/aromatic N) is 3. The summed E-state index contributed by atoms with van der Waals surface area (Å²) >= 11 is 5.87. The lowest BCUT2D eigenvalue weighted by atomic mass is 10.2. The number of hydrogen-bond acceptors (Lipinski definition) is 7. The fourth-order valence-electron chi connectivity index (χ4n) is 2.89. The number of carbonyl (C=O) groups excluding carboxylic acids is 1. The maximum Gasteiger partial charge on any atom is 0.264 e. The van der Waals surface area contributed by atoms with E-state index in [1.807, 2.05) is 0 Å². The van der Waals surface area contributed by atoms with Crippen molar-refractivity contribution in [2.45, 2.75) is 17.9 Å². The number of amides is 1. The smallest absolute Gasteiger partial charge is 0.264 e. The van der Waals surface area contributed by atoms with E-state index in [0.29, 0.717) is 5.02 Å². The van der Waals surface area contributed by atoms with Crippen LogP contribution in [0.3, 0.4) is 0 Å². The number of carbonyl (C=O) groups is 1. The molecule has 0 bridgehead atoms. The van der Waals surface area contributed by atoms with E-state index in [0.717, 1.165) is 10.6 Å². The van der Waals surface area contributed by atoms with Gasteiger partial charge in [0.1, 0.15) is 6.04 Å². The molecule has 3 rings (SSSR count). The van der Waals surface area contributed by atoms with Gasteiger partial charge < -0.3 is 5.32 Å². The van der Waals surface area contributed by atoms with Crippen molar-refractivity contribution in [3.05, 3.63) is 72.0 Å². The average molecular weight is 510 g/mol. The normalized spacial score (nSPS) is 12.6. The minimum absolute atomic E-state index is 0.0695. The Morgan fingerprint density at radius 1 is 0.970 bits per heavy atom. The topological polar surface area (TPSA) is 138 Å². The fourth-order valence-corrected chi connectivity index (χ4v) is 5.15. The molecule has 0 aliphatic heterocycles. The Bertz CT molecular complexity index is 1330. The van der Waals surface area contributed by atoms with Gasteiger partial charge in [-0.3, -0.25) is 9.10 Å². The van der Waals surface area contributed by atoms with E-state index in [2.05, 4.69) is 20.0 Å². The summed E-state index contributed by atoms with van der Waals surface area (Å²) in [5.74, 6) is -0.687. The van der Waals surface area contributed by atoms with Crippen molar-refractivity contribution < 1.29 is 21.6 Å². The zero-order valence-electron chi connectivity index (χ0n) is 17.5. The summed E-state index contributed by atoms with van der Waals surface area (Å²) in [6, 6.07) is 11.8. The van der Waals surface area contributed by atoms with Gasteiger partial charge in [-0.15, -0.1) is 0 Å². The van der Waals surface area contributed by atoms with Crippen LogP contribution < -0.4 is 14.3 Å². The number of rotatable bonds is 8. The molecule has 1 heterocycles. The number of hydrogen-bond donors (Lipinski definition) is 2. The first-order valence-electron chi connectivity index (χ1n) is 9.43. The van der Waals surface area contributed by atoms with Crippen LogP contribution in [0.1, 0.15) is 6.92 Å². The van der Waals surface area contributed by atoms with Gasteiger partial charge in [0, 0.05) is 23.1 Å². The molecule has 1 atom stereocenters. The lowest BCUT2D eigenvalue weighted by molar-refractivity contribution is -0.116. The Hall–Kier alpha value is -3.22. The molecule has 0 aliphatic rings. The molecule has 33 heavy (non-hydrogen) atoms. The second-order valence-electron chi connectivity index (χ2n) is 6.90. The summed E-state index contributed by atoms with van der Waals surface area (Å²) < 4.78 is 52.8. The highest BCUT2D eigenvalue weighted by Crippen LogP contribution is 2.24. The minimum Gasteiger partial charge on any atom is -0.324 e. The highest BCUT2D eigenvalue weighted by molar-refractivity contribution is 7.92. The summed E-state index contributed by atoms with van der Waals surface area (Å²) in [4.78, 5) is 20.3. The Kier molecular flexibility index (Phi) is 7.20. The summed E-state index contributed by atoms with van der Waals surface area (Å²) in [5, 5.41) is 3.02. The van der Waals surface area contributed by atoms with Crippen molar-refractivity contribution in [3.63, 3.8) is 0 Å². The second kappa shape index (κ2) is 9.73. The number of sulfonamides is 2. The van der Waals surface area contributed by atoms with Crippen molar-refractivity contribution in [3.8, 4) is 0 Å². The minimum atomic E-state index is -3.93. The lowest BCUT2D eigenvalue weighted by Gasteiger charge is -2.28. The molecule has 0 radical (unpaired) electrons. The van der Waals surface area contributed by atoms with E-state index in [1.54, 1.807) is 6.07 Å². The largest absolute Gasteiger partial charge is 0.324 e. The number of anilines is 3. The zero-order valence-corrected chi connectivity index (χ0v) is 19.9. The monoisotopic (exact) mass is 509 g/mol. The molecule has 0 unspecified atom stereocenters. The van der Waals surface area contributed by atoms with Crippen molar-refractivity contribution in [1.29, 1.82) is 0 Å². The molecule has 1 amide bonds. The summed E-state index contributed by atoms with van der Waals surface area (Å²) in [7, 11) is -7.73. The van der Waals surface area contributed by atoms with Gasteiger partial charge in [0.05, 0.1) is 16.8 Å². The van der Waals surface area contributed by atoms with Crippen LogP contribution in [-0.2, 0) is 24.8 Å². The molecule has 13 heteroatoms. The van der Waals surface area contributed by atoms with E-state index in [-0.39, 0.29) is 22.2 Å². The number of halogens is 1. The average Bonchev–Trinajstić information content (AvgIpc) is 2.75. The van der Waals surface area contributed by atoms with E-state index in [4.69, 9.17) is 11.6 Å². The molecule has 0 saturated heterocycles. The molecular weight excluding hydrogens is 490 g/mol. The van der Waals surface area contributed by atoms with Gasteiger partial charge >= 0.3 is 0 Å². The van der Waals surface area contributed by atoms with Crippen molar-refractivity contribution in [2.75, 3.05) is 20.6 Å². The van der Waals surface area contributed by atoms with Crippen LogP contribution in [0.4, 0.5) is 17.3 Å². The molecule has 2 N–H and O–H groups in total. The number of nitrogens with one attached hydrogen (secondary N) is 2. The predicted octanol–water partition coefficient (Wildman–Crippen LogP) is 2.72. The van der Waals surface area contributed by atoms with Crippen LogP contribution in [0.2, 0.25) is 5.02 Å². The van der Waals surface area contributed by atoms with Crippen LogP contribution >= 0.6 is 11.6 Å². The first-order valence-corrected chi connectivity index (χ1v) is 13.1. The SMILES string of the molecule is C[C@H](C(=O)Nc1ccc(S(=O)(=O)Nc2ncccn2)cc1)N(c1ccc(Cl)cc1)S(C)(=O)=O. The van der Waals surface area contributed by atoms with E-state index in [1.165, 1.54) is 67.8 Å². The second-order valence-corrected chi connectivity index (χ2v) is 10.9. The van der Waals surface area contributed by atoms with Gasteiger partial charge in [-0.25, -0.2) is 31.5 Å². The molecular formula is C20H20ClN5O5S2. The van der Waals surface area contributed by atoms with Gasteiger partial charge in [0.15, 0.2) is 0 Å². The van der Waals surface area contributed by atoms with Crippen LogP contribution in [0.15, 0.2) is 71.9 Å². The molecule has 3 aromatic rings. The van der Waals surface area contributed by atoms with Gasteiger partial charge in [0.2, 0.25) is 21.9 Å². The first-order chi connectivity index (χ1) is 15.5. The maximum absolute atomic E-state index is 12.8. The molecule has 0 spiro atoms. The molecule has 1 aromatic heterocycles. The number of benzene rings is 2.